The minimum absolute atomic E-state index is 0.117. The van der Waals surface area contributed by atoms with E-state index < -0.39 is 0 Å². The van der Waals surface area contributed by atoms with Crippen LogP contribution in [-0.2, 0) is 16.1 Å². The highest BCUT2D eigenvalue weighted by atomic mass is 32.1. The van der Waals surface area contributed by atoms with Gasteiger partial charge in [-0.25, -0.2) is 0 Å². The van der Waals surface area contributed by atoms with Crippen molar-refractivity contribution in [3.05, 3.63) is 22.4 Å². The van der Waals surface area contributed by atoms with Crippen LogP contribution in [0.5, 0.6) is 0 Å². The molecular formula is C11H17NO2S. The molecule has 1 aromatic rings. The van der Waals surface area contributed by atoms with Gasteiger partial charge in [0.15, 0.2) is 0 Å². The summed E-state index contributed by atoms with van der Waals surface area (Å²) in [6, 6.07) is 2.20. The van der Waals surface area contributed by atoms with Gasteiger partial charge in [0, 0.05) is 12.6 Å². The normalized spacial score (nSPS) is 14.6. The van der Waals surface area contributed by atoms with Crippen molar-refractivity contribution in [1.29, 1.82) is 0 Å². The van der Waals surface area contributed by atoms with Crippen LogP contribution in [0.25, 0.3) is 0 Å². The van der Waals surface area contributed by atoms with Crippen LogP contribution in [0.15, 0.2) is 16.8 Å². The summed E-state index contributed by atoms with van der Waals surface area (Å²) in [7, 11) is 1.42. The third-order valence-corrected chi connectivity index (χ3v) is 3.26. The summed E-state index contributed by atoms with van der Waals surface area (Å²) in [6.07, 6.45) is 0. The van der Waals surface area contributed by atoms with Crippen LogP contribution in [0.3, 0.4) is 0 Å². The minimum Gasteiger partial charge on any atom is -0.469 e. The van der Waals surface area contributed by atoms with Crippen molar-refractivity contribution < 1.29 is 9.53 Å². The summed E-state index contributed by atoms with van der Waals surface area (Å²) < 4.78 is 4.69. The summed E-state index contributed by atoms with van der Waals surface area (Å²) in [4.78, 5) is 11.3. The van der Waals surface area contributed by atoms with Gasteiger partial charge in [0.25, 0.3) is 0 Å². The van der Waals surface area contributed by atoms with Crippen molar-refractivity contribution in [2.45, 2.75) is 26.4 Å². The van der Waals surface area contributed by atoms with E-state index in [2.05, 4.69) is 16.8 Å². The Labute approximate surface area is 94.5 Å². The molecule has 0 amide bonds. The van der Waals surface area contributed by atoms with E-state index in [1.807, 2.05) is 19.2 Å². The fourth-order valence-electron chi connectivity index (χ4n) is 1.24. The molecule has 0 spiro atoms. The Kier molecular flexibility index (Phi) is 4.78. The van der Waals surface area contributed by atoms with Crippen molar-refractivity contribution in [1.82, 2.24) is 5.32 Å². The van der Waals surface area contributed by atoms with Crippen LogP contribution in [0.2, 0.25) is 0 Å². The smallest absolute Gasteiger partial charge is 0.309 e. The number of carbonyl (C=O) groups excluding carboxylic acids is 1. The second-order valence-electron chi connectivity index (χ2n) is 3.61. The van der Waals surface area contributed by atoms with E-state index in [1.54, 1.807) is 11.3 Å². The molecule has 2 unspecified atom stereocenters. The van der Waals surface area contributed by atoms with Crippen LogP contribution in [0.1, 0.15) is 19.4 Å². The fraction of sp³-hybridized carbons (Fsp3) is 0.545. The number of hydrogen-bond donors (Lipinski definition) is 1. The molecule has 0 radical (unpaired) electrons. The molecule has 3 nitrogen and oxygen atoms in total. The van der Waals surface area contributed by atoms with Crippen molar-refractivity contribution >= 4 is 17.3 Å². The number of thiophene rings is 1. The maximum atomic E-state index is 11.3. The van der Waals surface area contributed by atoms with E-state index in [4.69, 9.17) is 4.74 Å². The van der Waals surface area contributed by atoms with E-state index in [0.29, 0.717) is 0 Å². The Morgan fingerprint density at radius 3 is 2.87 bits per heavy atom. The van der Waals surface area contributed by atoms with Crippen LogP contribution < -0.4 is 5.32 Å². The Hall–Kier alpha value is -0.870. The van der Waals surface area contributed by atoms with Crippen molar-refractivity contribution in [3.8, 4) is 0 Å². The largest absolute Gasteiger partial charge is 0.469 e. The van der Waals surface area contributed by atoms with E-state index >= 15 is 0 Å². The monoisotopic (exact) mass is 227 g/mol. The van der Waals surface area contributed by atoms with Gasteiger partial charge in [0.1, 0.15) is 0 Å². The first-order valence-corrected chi connectivity index (χ1v) is 5.91. The summed E-state index contributed by atoms with van der Waals surface area (Å²) >= 11 is 1.68. The van der Waals surface area contributed by atoms with Gasteiger partial charge in [-0.2, -0.15) is 11.3 Å². The average Bonchev–Trinajstić information content (AvgIpc) is 2.76. The molecule has 15 heavy (non-hydrogen) atoms. The number of hydrogen-bond acceptors (Lipinski definition) is 4. The Bertz CT molecular complexity index is 298. The van der Waals surface area contributed by atoms with Gasteiger partial charge in [0.2, 0.25) is 0 Å². The predicted molar refractivity (Wildman–Crippen MR) is 61.8 cm³/mol. The van der Waals surface area contributed by atoms with E-state index in [-0.39, 0.29) is 17.9 Å². The number of ether oxygens (including phenoxy) is 1. The van der Waals surface area contributed by atoms with Gasteiger partial charge in [-0.15, -0.1) is 0 Å². The molecule has 4 heteroatoms. The highest BCUT2D eigenvalue weighted by molar-refractivity contribution is 7.07. The lowest BCUT2D eigenvalue weighted by Gasteiger charge is -2.18. The molecule has 84 valence electrons. The third kappa shape index (κ3) is 3.64. The maximum Gasteiger partial charge on any atom is 0.309 e. The number of esters is 1. The topological polar surface area (TPSA) is 38.3 Å². The van der Waals surface area contributed by atoms with Crippen LogP contribution in [0, 0.1) is 5.92 Å². The Morgan fingerprint density at radius 2 is 2.33 bits per heavy atom. The summed E-state index contributed by atoms with van der Waals surface area (Å²) in [6.45, 7) is 4.66. The van der Waals surface area contributed by atoms with Crippen molar-refractivity contribution in [3.63, 3.8) is 0 Å². The molecule has 1 rings (SSSR count). The summed E-state index contributed by atoms with van der Waals surface area (Å²) in [5.74, 6) is -0.283. The number of nitrogens with one attached hydrogen (secondary N) is 1. The SMILES string of the molecule is COC(=O)C(C)C(C)NCc1ccsc1. The summed E-state index contributed by atoms with van der Waals surface area (Å²) in [5, 5.41) is 7.45. The molecule has 1 N–H and O–H groups in total. The van der Waals surface area contributed by atoms with Gasteiger partial charge in [0.05, 0.1) is 13.0 Å². The third-order valence-electron chi connectivity index (χ3n) is 2.53. The van der Waals surface area contributed by atoms with E-state index in [9.17, 15) is 4.79 Å². The lowest BCUT2D eigenvalue weighted by Crippen LogP contribution is -2.36. The van der Waals surface area contributed by atoms with Gasteiger partial charge in [-0.1, -0.05) is 6.92 Å². The lowest BCUT2D eigenvalue weighted by molar-refractivity contribution is -0.145. The molecule has 0 aromatic carbocycles. The summed E-state index contributed by atoms with van der Waals surface area (Å²) in [5.41, 5.74) is 1.25. The van der Waals surface area contributed by atoms with E-state index in [0.717, 1.165) is 6.54 Å². The molecule has 0 saturated carbocycles. The molecule has 0 aliphatic carbocycles. The number of methoxy groups -OCH3 is 1. The highest BCUT2D eigenvalue weighted by Crippen LogP contribution is 2.08. The Morgan fingerprint density at radius 1 is 1.60 bits per heavy atom. The molecule has 1 heterocycles. The molecule has 1 aromatic heterocycles. The molecule has 0 aliphatic heterocycles. The van der Waals surface area contributed by atoms with Gasteiger partial charge >= 0.3 is 5.97 Å². The highest BCUT2D eigenvalue weighted by Gasteiger charge is 2.19. The molecule has 0 aliphatic rings. The Balaban J connectivity index is 2.35. The van der Waals surface area contributed by atoms with Gasteiger partial charge < -0.3 is 10.1 Å². The average molecular weight is 227 g/mol. The van der Waals surface area contributed by atoms with Gasteiger partial charge in [-0.3, -0.25) is 4.79 Å². The minimum atomic E-state index is -0.166. The molecular weight excluding hydrogens is 210 g/mol. The maximum absolute atomic E-state index is 11.3. The first-order chi connectivity index (χ1) is 7.15. The fourth-order valence-corrected chi connectivity index (χ4v) is 1.91. The zero-order valence-corrected chi connectivity index (χ0v) is 10.1. The van der Waals surface area contributed by atoms with Crippen molar-refractivity contribution in [2.75, 3.05) is 7.11 Å². The number of carbonyl (C=O) groups is 1. The zero-order valence-electron chi connectivity index (χ0n) is 9.32. The zero-order chi connectivity index (χ0) is 11.3. The van der Waals surface area contributed by atoms with Crippen molar-refractivity contribution in [2.24, 2.45) is 5.92 Å². The predicted octanol–water partition coefficient (Wildman–Crippen LogP) is 2.04. The molecule has 2 atom stereocenters. The molecule has 0 fully saturated rings. The second-order valence-corrected chi connectivity index (χ2v) is 4.39. The standard InChI is InChI=1S/C11H17NO2S/c1-8(11(13)14-3)9(2)12-6-10-4-5-15-7-10/h4-5,7-9,12H,6H2,1-3H3. The van der Waals surface area contributed by atoms with Crippen LogP contribution >= 0.6 is 11.3 Å². The molecule has 0 saturated heterocycles. The van der Waals surface area contributed by atoms with Crippen LogP contribution in [0.4, 0.5) is 0 Å². The second kappa shape index (κ2) is 5.88. The number of rotatable bonds is 5. The van der Waals surface area contributed by atoms with Gasteiger partial charge in [-0.05, 0) is 29.3 Å². The first kappa shape index (κ1) is 12.2. The molecule has 0 bridgehead atoms. The quantitative estimate of drug-likeness (QED) is 0.782. The van der Waals surface area contributed by atoms with E-state index in [1.165, 1.54) is 12.7 Å². The lowest BCUT2D eigenvalue weighted by atomic mass is 10.0. The van der Waals surface area contributed by atoms with Crippen LogP contribution in [-0.4, -0.2) is 19.1 Å². The first-order valence-electron chi connectivity index (χ1n) is 4.97.